The highest BCUT2D eigenvalue weighted by Crippen LogP contribution is 2.29. The molecular formula is C20H17ClN4O3S. The number of carbonyl (C=O) groups is 1. The van der Waals surface area contributed by atoms with Crippen LogP contribution >= 0.6 is 22.9 Å². The lowest BCUT2D eigenvalue weighted by Gasteiger charge is -2.12. The van der Waals surface area contributed by atoms with E-state index in [-0.39, 0.29) is 24.6 Å². The fourth-order valence-corrected chi connectivity index (χ4v) is 4.55. The Balaban J connectivity index is 1.86. The standard InChI is InChI=1S/C20H17ClN4O3S/c1-2-9-24-19(27)17-16(14-7-4-8-22-18(14)29-17)25(20(24)28)11-15(26)23-13-6-3-5-12(21)10-13/h3-8,10H,2,9,11H2,1H3,(H,23,26). The van der Waals surface area contributed by atoms with E-state index in [9.17, 15) is 14.4 Å². The molecule has 7 nitrogen and oxygen atoms in total. The van der Waals surface area contributed by atoms with Gasteiger partial charge in [0.2, 0.25) is 5.91 Å². The molecule has 148 valence electrons. The predicted octanol–water partition coefficient (Wildman–Crippen LogP) is 3.48. The average Bonchev–Trinajstić information content (AvgIpc) is 3.08. The van der Waals surface area contributed by atoms with E-state index in [4.69, 9.17) is 11.6 Å². The van der Waals surface area contributed by atoms with Gasteiger partial charge in [-0.2, -0.15) is 0 Å². The van der Waals surface area contributed by atoms with Crippen molar-refractivity contribution in [2.75, 3.05) is 5.32 Å². The quantitative estimate of drug-likeness (QED) is 0.527. The van der Waals surface area contributed by atoms with E-state index in [1.165, 1.54) is 20.5 Å². The van der Waals surface area contributed by atoms with Crippen LogP contribution in [0.1, 0.15) is 13.3 Å². The number of anilines is 1. The van der Waals surface area contributed by atoms with Gasteiger partial charge in [0.15, 0.2) is 0 Å². The molecule has 1 N–H and O–H groups in total. The number of rotatable bonds is 5. The summed E-state index contributed by atoms with van der Waals surface area (Å²) in [5.41, 5.74) is 0.128. The third-order valence-corrected chi connectivity index (χ3v) is 5.79. The van der Waals surface area contributed by atoms with Crippen LogP contribution in [-0.4, -0.2) is 20.0 Å². The highest BCUT2D eigenvalue weighted by Gasteiger charge is 2.20. The number of carbonyl (C=O) groups excluding carboxylic acids is 1. The summed E-state index contributed by atoms with van der Waals surface area (Å²) in [5.74, 6) is -0.388. The molecule has 0 aliphatic carbocycles. The first-order chi connectivity index (χ1) is 14.0. The minimum Gasteiger partial charge on any atom is -0.324 e. The van der Waals surface area contributed by atoms with Gasteiger partial charge in [-0.25, -0.2) is 9.78 Å². The predicted molar refractivity (Wildman–Crippen MR) is 116 cm³/mol. The fourth-order valence-electron chi connectivity index (χ4n) is 3.26. The van der Waals surface area contributed by atoms with Crippen molar-refractivity contribution >= 4 is 55.0 Å². The smallest absolute Gasteiger partial charge is 0.324 e. The second kappa shape index (κ2) is 7.81. The summed E-state index contributed by atoms with van der Waals surface area (Å²) in [6.07, 6.45) is 2.26. The van der Waals surface area contributed by atoms with Crippen LogP contribution in [0.5, 0.6) is 0 Å². The molecule has 9 heteroatoms. The molecule has 0 spiro atoms. The normalized spacial score (nSPS) is 11.2. The Kier molecular flexibility index (Phi) is 5.21. The molecule has 0 fully saturated rings. The number of pyridine rings is 1. The summed E-state index contributed by atoms with van der Waals surface area (Å²) < 4.78 is 2.96. The van der Waals surface area contributed by atoms with Crippen molar-refractivity contribution < 1.29 is 4.79 Å². The van der Waals surface area contributed by atoms with Crippen LogP contribution in [0.3, 0.4) is 0 Å². The van der Waals surface area contributed by atoms with Gasteiger partial charge in [-0.3, -0.25) is 18.7 Å². The number of nitrogens with one attached hydrogen (secondary N) is 1. The molecule has 0 unspecified atom stereocenters. The van der Waals surface area contributed by atoms with Crippen molar-refractivity contribution in [1.82, 2.24) is 14.1 Å². The third-order valence-electron chi connectivity index (χ3n) is 4.47. The first kappa shape index (κ1) is 19.4. The number of amides is 1. The maximum Gasteiger partial charge on any atom is 0.332 e. The first-order valence-electron chi connectivity index (χ1n) is 9.06. The van der Waals surface area contributed by atoms with Gasteiger partial charge >= 0.3 is 5.69 Å². The molecule has 0 atom stereocenters. The Morgan fingerprint density at radius 2 is 2.03 bits per heavy atom. The zero-order valence-corrected chi connectivity index (χ0v) is 17.1. The molecule has 0 aliphatic heterocycles. The fraction of sp³-hybridized carbons (Fsp3) is 0.200. The lowest BCUT2D eigenvalue weighted by atomic mass is 10.3. The van der Waals surface area contributed by atoms with E-state index in [2.05, 4.69) is 10.3 Å². The monoisotopic (exact) mass is 428 g/mol. The summed E-state index contributed by atoms with van der Waals surface area (Å²) in [4.78, 5) is 43.6. The molecule has 0 bridgehead atoms. The lowest BCUT2D eigenvalue weighted by Crippen LogP contribution is -2.41. The van der Waals surface area contributed by atoms with Crippen LogP contribution in [0.25, 0.3) is 20.4 Å². The molecule has 1 amide bonds. The second-order valence-corrected chi connectivity index (χ2v) is 7.96. The van der Waals surface area contributed by atoms with Gasteiger partial charge in [0.1, 0.15) is 16.1 Å². The first-order valence-corrected chi connectivity index (χ1v) is 10.3. The van der Waals surface area contributed by atoms with E-state index < -0.39 is 5.69 Å². The highest BCUT2D eigenvalue weighted by atomic mass is 35.5. The van der Waals surface area contributed by atoms with Gasteiger partial charge in [0.05, 0.1) is 5.52 Å². The van der Waals surface area contributed by atoms with Crippen LogP contribution in [-0.2, 0) is 17.9 Å². The molecule has 1 aromatic carbocycles. The van der Waals surface area contributed by atoms with Crippen LogP contribution in [0.15, 0.2) is 52.2 Å². The average molecular weight is 429 g/mol. The Morgan fingerprint density at radius 3 is 2.79 bits per heavy atom. The number of hydrogen-bond donors (Lipinski definition) is 1. The number of nitrogens with zero attached hydrogens (tertiary/aromatic N) is 3. The van der Waals surface area contributed by atoms with E-state index in [1.54, 1.807) is 42.6 Å². The van der Waals surface area contributed by atoms with Crippen molar-refractivity contribution in [2.45, 2.75) is 26.4 Å². The van der Waals surface area contributed by atoms with Gasteiger partial charge in [0.25, 0.3) is 5.56 Å². The van der Waals surface area contributed by atoms with Gasteiger partial charge < -0.3 is 5.32 Å². The lowest BCUT2D eigenvalue weighted by molar-refractivity contribution is -0.116. The van der Waals surface area contributed by atoms with Gasteiger partial charge in [-0.1, -0.05) is 24.6 Å². The third kappa shape index (κ3) is 3.56. The number of aromatic nitrogens is 3. The summed E-state index contributed by atoms with van der Waals surface area (Å²) >= 11 is 7.20. The van der Waals surface area contributed by atoms with Gasteiger partial charge in [0, 0.05) is 28.8 Å². The number of benzene rings is 1. The minimum atomic E-state index is -0.505. The van der Waals surface area contributed by atoms with E-state index in [0.29, 0.717) is 37.6 Å². The summed E-state index contributed by atoms with van der Waals surface area (Å²) in [7, 11) is 0. The maximum absolute atomic E-state index is 13.1. The Hall–Kier alpha value is -2.97. The second-order valence-electron chi connectivity index (χ2n) is 6.52. The summed E-state index contributed by atoms with van der Waals surface area (Å²) in [6, 6.07) is 10.3. The van der Waals surface area contributed by atoms with Crippen molar-refractivity contribution in [1.29, 1.82) is 0 Å². The summed E-state index contributed by atoms with van der Waals surface area (Å²) in [6.45, 7) is 1.94. The Labute approximate surface area is 174 Å². The number of hydrogen-bond acceptors (Lipinski definition) is 5. The molecule has 0 aliphatic rings. The highest BCUT2D eigenvalue weighted by molar-refractivity contribution is 7.25. The Bertz CT molecular complexity index is 1360. The SMILES string of the molecule is CCCn1c(=O)c2sc3ncccc3c2n(CC(=O)Nc2cccc(Cl)c2)c1=O. The van der Waals surface area contributed by atoms with E-state index in [0.717, 1.165) is 0 Å². The van der Waals surface area contributed by atoms with E-state index in [1.807, 2.05) is 6.92 Å². The maximum atomic E-state index is 13.1. The zero-order chi connectivity index (χ0) is 20.5. The summed E-state index contributed by atoms with van der Waals surface area (Å²) in [5, 5.41) is 3.92. The molecule has 3 aromatic heterocycles. The van der Waals surface area contributed by atoms with Crippen LogP contribution in [0.2, 0.25) is 5.02 Å². The largest absolute Gasteiger partial charge is 0.332 e. The molecule has 29 heavy (non-hydrogen) atoms. The minimum absolute atomic E-state index is 0.230. The van der Waals surface area contributed by atoms with Crippen molar-refractivity contribution in [2.24, 2.45) is 0 Å². The van der Waals surface area contributed by atoms with Crippen LogP contribution < -0.4 is 16.6 Å². The number of halogens is 1. The number of fused-ring (bicyclic) bond motifs is 3. The van der Waals surface area contributed by atoms with Gasteiger partial charge in [-0.15, -0.1) is 11.3 Å². The molecule has 3 heterocycles. The molecule has 4 aromatic rings. The van der Waals surface area contributed by atoms with Crippen molar-refractivity contribution in [3.8, 4) is 0 Å². The molecule has 0 saturated heterocycles. The zero-order valence-electron chi connectivity index (χ0n) is 15.5. The molecular weight excluding hydrogens is 412 g/mol. The molecule has 0 radical (unpaired) electrons. The van der Waals surface area contributed by atoms with Crippen LogP contribution in [0, 0.1) is 0 Å². The van der Waals surface area contributed by atoms with Gasteiger partial charge in [-0.05, 0) is 36.8 Å². The van der Waals surface area contributed by atoms with Crippen molar-refractivity contribution in [3.63, 3.8) is 0 Å². The van der Waals surface area contributed by atoms with E-state index >= 15 is 0 Å². The molecule has 4 rings (SSSR count). The topological polar surface area (TPSA) is 86.0 Å². The Morgan fingerprint density at radius 1 is 1.21 bits per heavy atom. The van der Waals surface area contributed by atoms with Crippen LogP contribution in [0.4, 0.5) is 5.69 Å². The van der Waals surface area contributed by atoms with Crippen molar-refractivity contribution in [3.05, 3.63) is 68.5 Å². The number of thiophene rings is 1. The molecule has 0 saturated carbocycles.